The number of anilines is 1. The number of rotatable bonds is 4. The van der Waals surface area contributed by atoms with Gasteiger partial charge in [0.15, 0.2) is 5.69 Å². The van der Waals surface area contributed by atoms with Crippen molar-refractivity contribution in [3.63, 3.8) is 0 Å². The fourth-order valence-corrected chi connectivity index (χ4v) is 3.51. The van der Waals surface area contributed by atoms with E-state index in [0.717, 1.165) is 21.0 Å². The molecule has 0 saturated carbocycles. The van der Waals surface area contributed by atoms with Crippen LogP contribution in [0.2, 0.25) is 0 Å². The summed E-state index contributed by atoms with van der Waals surface area (Å²) in [6.45, 7) is 1.88. The second-order valence-corrected chi connectivity index (χ2v) is 6.76. The number of hydrogen-bond acceptors (Lipinski definition) is 6. The molecule has 0 unspecified atom stereocenters. The highest BCUT2D eigenvalue weighted by molar-refractivity contribution is 7.15. The van der Waals surface area contributed by atoms with E-state index < -0.39 is 0 Å². The third kappa shape index (κ3) is 3.12. The molecule has 0 saturated heterocycles. The summed E-state index contributed by atoms with van der Waals surface area (Å²) in [6.07, 6.45) is 0. The van der Waals surface area contributed by atoms with Crippen molar-refractivity contribution in [3.8, 4) is 21.7 Å². The molecule has 0 fully saturated rings. The van der Waals surface area contributed by atoms with E-state index in [-0.39, 0.29) is 11.7 Å². The summed E-state index contributed by atoms with van der Waals surface area (Å²) in [6, 6.07) is 19.1. The lowest BCUT2D eigenvalue weighted by Crippen LogP contribution is -2.14. The van der Waals surface area contributed by atoms with Crippen molar-refractivity contribution < 1.29 is 9.42 Å². The number of hydrogen-bond donors (Lipinski definition) is 1. The highest BCUT2D eigenvalue weighted by Crippen LogP contribution is 2.31. The van der Waals surface area contributed by atoms with Gasteiger partial charge in [0.1, 0.15) is 5.69 Å². The van der Waals surface area contributed by atoms with Crippen LogP contribution in [0.4, 0.5) is 5.82 Å². The molecule has 4 aromatic rings. The minimum atomic E-state index is -0.346. The van der Waals surface area contributed by atoms with Gasteiger partial charge in [-0.05, 0) is 22.8 Å². The van der Waals surface area contributed by atoms with Gasteiger partial charge in [0.25, 0.3) is 5.91 Å². The van der Waals surface area contributed by atoms with Crippen LogP contribution < -0.4 is 5.32 Å². The molecule has 0 aliphatic heterocycles. The summed E-state index contributed by atoms with van der Waals surface area (Å²) in [5, 5.41) is 11.3. The number of benzene rings is 2. The zero-order valence-corrected chi connectivity index (χ0v) is 14.7. The van der Waals surface area contributed by atoms with Gasteiger partial charge in [-0.3, -0.25) is 4.79 Å². The van der Waals surface area contributed by atoms with E-state index in [9.17, 15) is 4.79 Å². The van der Waals surface area contributed by atoms with Gasteiger partial charge in [-0.1, -0.05) is 60.7 Å². The molecule has 0 radical (unpaired) electrons. The largest absolute Gasteiger partial charge is 0.300 e. The van der Waals surface area contributed by atoms with E-state index in [0.29, 0.717) is 11.4 Å². The Morgan fingerprint density at radius 2 is 1.62 bits per heavy atom. The molecule has 2 heterocycles. The van der Waals surface area contributed by atoms with Crippen LogP contribution in [0.5, 0.6) is 0 Å². The Morgan fingerprint density at radius 1 is 0.962 bits per heavy atom. The van der Waals surface area contributed by atoms with E-state index in [1.165, 1.54) is 11.3 Å². The van der Waals surface area contributed by atoms with Gasteiger partial charge in [-0.25, -0.2) is 9.61 Å². The second-order valence-electron chi connectivity index (χ2n) is 5.56. The first-order chi connectivity index (χ1) is 12.7. The van der Waals surface area contributed by atoms with E-state index in [2.05, 4.69) is 20.6 Å². The third-order valence-electron chi connectivity index (χ3n) is 3.75. The molecule has 1 N–H and O–H groups in total. The van der Waals surface area contributed by atoms with Gasteiger partial charge in [0, 0.05) is 5.56 Å². The van der Waals surface area contributed by atoms with Crippen LogP contribution in [-0.4, -0.2) is 21.2 Å². The van der Waals surface area contributed by atoms with Crippen molar-refractivity contribution in [1.82, 2.24) is 15.3 Å². The lowest BCUT2D eigenvalue weighted by Gasteiger charge is -2.04. The van der Waals surface area contributed by atoms with Crippen LogP contribution >= 0.6 is 11.3 Å². The minimum Gasteiger partial charge on any atom is -0.300 e. The van der Waals surface area contributed by atoms with E-state index in [4.69, 9.17) is 4.63 Å². The summed E-state index contributed by atoms with van der Waals surface area (Å²) in [7, 11) is 0. The lowest BCUT2D eigenvalue weighted by molar-refractivity contribution is 0.102. The van der Waals surface area contributed by atoms with Crippen molar-refractivity contribution in [3.05, 3.63) is 71.4 Å². The van der Waals surface area contributed by atoms with Gasteiger partial charge in [-0.15, -0.1) is 11.3 Å². The normalized spacial score (nSPS) is 10.7. The Balaban J connectivity index is 1.66. The van der Waals surface area contributed by atoms with Crippen LogP contribution in [0.15, 0.2) is 65.3 Å². The summed E-state index contributed by atoms with van der Waals surface area (Å²) < 4.78 is 4.82. The molecule has 0 aliphatic carbocycles. The average Bonchev–Trinajstić information content (AvgIpc) is 3.30. The number of nitrogens with one attached hydrogen (secondary N) is 1. The van der Waals surface area contributed by atoms with Crippen LogP contribution in [-0.2, 0) is 0 Å². The smallest absolute Gasteiger partial charge is 0.277 e. The van der Waals surface area contributed by atoms with Crippen LogP contribution in [0.25, 0.3) is 21.7 Å². The van der Waals surface area contributed by atoms with Crippen LogP contribution in [0.1, 0.15) is 15.5 Å². The van der Waals surface area contributed by atoms with E-state index in [1.54, 1.807) is 0 Å². The highest BCUT2D eigenvalue weighted by atomic mass is 32.1. The number of carbonyl (C=O) groups excluding carboxylic acids is 1. The Morgan fingerprint density at radius 3 is 2.31 bits per heavy atom. The lowest BCUT2D eigenvalue weighted by atomic mass is 10.1. The van der Waals surface area contributed by atoms with Gasteiger partial charge < -0.3 is 5.32 Å². The molecule has 26 heavy (non-hydrogen) atoms. The van der Waals surface area contributed by atoms with Crippen molar-refractivity contribution in [2.45, 2.75) is 6.92 Å². The molecule has 2 aromatic carbocycles. The maximum absolute atomic E-state index is 12.8. The first kappa shape index (κ1) is 16.2. The van der Waals surface area contributed by atoms with E-state index in [1.807, 2.05) is 67.6 Å². The SMILES string of the molecule is Cc1nc(C(=O)Nc2nonc2-c2ccccc2)c(-c2ccccc2)s1. The van der Waals surface area contributed by atoms with Crippen molar-refractivity contribution >= 4 is 23.1 Å². The summed E-state index contributed by atoms with van der Waals surface area (Å²) in [5.74, 6) is -0.0769. The molecule has 0 atom stereocenters. The Bertz CT molecular complexity index is 1040. The average molecular weight is 362 g/mol. The number of aromatic nitrogens is 3. The predicted octanol–water partition coefficient (Wildman–Crippen LogP) is 4.42. The second kappa shape index (κ2) is 6.89. The zero-order valence-electron chi connectivity index (χ0n) is 13.8. The maximum atomic E-state index is 12.8. The van der Waals surface area contributed by atoms with Gasteiger partial charge in [0.2, 0.25) is 5.82 Å². The fraction of sp³-hybridized carbons (Fsp3) is 0.0526. The molecule has 1 amide bonds. The van der Waals surface area contributed by atoms with E-state index >= 15 is 0 Å². The van der Waals surface area contributed by atoms with Crippen LogP contribution in [0.3, 0.4) is 0 Å². The maximum Gasteiger partial charge on any atom is 0.277 e. The zero-order chi connectivity index (χ0) is 17.9. The number of amides is 1. The molecule has 0 spiro atoms. The van der Waals surface area contributed by atoms with Gasteiger partial charge in [-0.2, -0.15) is 0 Å². The monoisotopic (exact) mass is 362 g/mol. The van der Waals surface area contributed by atoms with Crippen LogP contribution in [0, 0.1) is 6.92 Å². The summed E-state index contributed by atoms with van der Waals surface area (Å²) >= 11 is 1.48. The molecule has 128 valence electrons. The molecule has 6 nitrogen and oxygen atoms in total. The number of thiazole rings is 1. The summed E-state index contributed by atoms with van der Waals surface area (Å²) in [4.78, 5) is 18.0. The van der Waals surface area contributed by atoms with Crippen molar-refractivity contribution in [2.24, 2.45) is 0 Å². The Labute approximate surface area is 153 Å². The molecule has 7 heteroatoms. The Kier molecular flexibility index (Phi) is 4.28. The molecular formula is C19H14N4O2S. The minimum absolute atomic E-state index is 0.269. The number of aryl methyl sites for hydroxylation is 1. The first-order valence-corrected chi connectivity index (χ1v) is 8.76. The molecule has 0 bridgehead atoms. The first-order valence-electron chi connectivity index (χ1n) is 7.94. The highest BCUT2D eigenvalue weighted by Gasteiger charge is 2.21. The number of carbonyl (C=O) groups is 1. The molecule has 0 aliphatic rings. The topological polar surface area (TPSA) is 80.9 Å². The summed E-state index contributed by atoms with van der Waals surface area (Å²) in [5.41, 5.74) is 2.60. The molecule has 2 aromatic heterocycles. The predicted molar refractivity (Wildman–Crippen MR) is 100.0 cm³/mol. The third-order valence-corrected chi connectivity index (χ3v) is 4.77. The van der Waals surface area contributed by atoms with Gasteiger partial charge in [0.05, 0.1) is 9.88 Å². The fourth-order valence-electron chi connectivity index (χ4n) is 2.59. The standard InChI is InChI=1S/C19H14N4O2S/c1-12-20-16(17(26-12)14-10-6-3-7-11-14)19(24)21-18-15(22-25-23-18)13-8-4-2-5-9-13/h2-11H,1H3,(H,21,23,24). The van der Waals surface area contributed by atoms with Crippen molar-refractivity contribution in [2.75, 3.05) is 5.32 Å². The number of nitrogens with zero attached hydrogens (tertiary/aromatic N) is 3. The quantitative estimate of drug-likeness (QED) is 0.581. The Hall–Kier alpha value is -3.32. The molecule has 4 rings (SSSR count). The van der Waals surface area contributed by atoms with Gasteiger partial charge >= 0.3 is 0 Å². The molecular weight excluding hydrogens is 348 g/mol. The van der Waals surface area contributed by atoms with Crippen molar-refractivity contribution in [1.29, 1.82) is 0 Å².